The Morgan fingerprint density at radius 1 is 1.00 bits per heavy atom. The van der Waals surface area contributed by atoms with E-state index in [4.69, 9.17) is 4.74 Å². The van der Waals surface area contributed by atoms with Gasteiger partial charge in [0.05, 0.1) is 12.7 Å². The number of carbonyl (C=O) groups is 2. The van der Waals surface area contributed by atoms with Crippen molar-refractivity contribution in [3.8, 4) is 0 Å². The van der Waals surface area contributed by atoms with Gasteiger partial charge in [0.2, 0.25) is 5.95 Å². The molecular formula is C21H21N5O3. The maximum Gasteiger partial charge on any atom is 0.337 e. The average molecular weight is 391 g/mol. The minimum absolute atomic E-state index is 0.211. The predicted molar refractivity (Wildman–Crippen MR) is 112 cm³/mol. The molecule has 0 radical (unpaired) electrons. The second kappa shape index (κ2) is 8.83. The van der Waals surface area contributed by atoms with Gasteiger partial charge in [-0.25, -0.2) is 14.8 Å². The molecule has 1 amide bonds. The van der Waals surface area contributed by atoms with Gasteiger partial charge in [-0.3, -0.25) is 4.79 Å². The van der Waals surface area contributed by atoms with Crippen molar-refractivity contribution >= 4 is 34.9 Å². The largest absolute Gasteiger partial charge is 0.465 e. The molecule has 0 aliphatic carbocycles. The van der Waals surface area contributed by atoms with E-state index < -0.39 is 5.97 Å². The van der Waals surface area contributed by atoms with Gasteiger partial charge in [0.25, 0.3) is 5.91 Å². The van der Waals surface area contributed by atoms with Crippen LogP contribution in [0.4, 0.5) is 23.0 Å². The molecule has 1 aromatic heterocycles. The van der Waals surface area contributed by atoms with Gasteiger partial charge in [-0.05, 0) is 48.5 Å². The van der Waals surface area contributed by atoms with Gasteiger partial charge in [0.15, 0.2) is 0 Å². The van der Waals surface area contributed by atoms with Crippen LogP contribution in [0.25, 0.3) is 0 Å². The Morgan fingerprint density at radius 2 is 1.76 bits per heavy atom. The Morgan fingerprint density at radius 3 is 2.45 bits per heavy atom. The number of nitrogens with one attached hydrogen (secondary N) is 2. The zero-order chi connectivity index (χ0) is 20.8. The third-order valence-corrected chi connectivity index (χ3v) is 4.07. The molecule has 0 unspecified atom stereocenters. The highest BCUT2D eigenvalue weighted by Gasteiger charge is 2.11. The van der Waals surface area contributed by atoms with Gasteiger partial charge >= 0.3 is 5.97 Å². The Kier molecular flexibility index (Phi) is 6.03. The molecule has 3 aromatic rings. The molecule has 0 saturated heterocycles. The summed E-state index contributed by atoms with van der Waals surface area (Å²) in [4.78, 5) is 34.5. The second-order valence-electron chi connectivity index (χ2n) is 6.36. The molecule has 0 bridgehead atoms. The summed E-state index contributed by atoms with van der Waals surface area (Å²) in [5.41, 5.74) is 2.91. The number of esters is 1. The van der Waals surface area contributed by atoms with Gasteiger partial charge in [0.1, 0.15) is 5.69 Å². The van der Waals surface area contributed by atoms with E-state index in [-0.39, 0.29) is 17.5 Å². The first-order valence-corrected chi connectivity index (χ1v) is 8.83. The van der Waals surface area contributed by atoms with Crippen LogP contribution >= 0.6 is 0 Å². The Bertz CT molecular complexity index is 1020. The van der Waals surface area contributed by atoms with E-state index in [1.54, 1.807) is 24.3 Å². The van der Waals surface area contributed by atoms with Crippen molar-refractivity contribution in [2.75, 3.05) is 36.7 Å². The lowest BCUT2D eigenvalue weighted by Gasteiger charge is -2.13. The molecule has 29 heavy (non-hydrogen) atoms. The molecule has 8 nitrogen and oxygen atoms in total. The number of anilines is 4. The first kappa shape index (κ1) is 19.8. The number of benzene rings is 2. The Labute approximate surface area is 168 Å². The topological polar surface area (TPSA) is 96.4 Å². The summed E-state index contributed by atoms with van der Waals surface area (Å²) in [6.07, 6.45) is 1.49. The Balaban J connectivity index is 1.72. The summed E-state index contributed by atoms with van der Waals surface area (Å²) < 4.78 is 4.72. The van der Waals surface area contributed by atoms with Gasteiger partial charge in [-0.2, -0.15) is 0 Å². The third-order valence-electron chi connectivity index (χ3n) is 4.07. The van der Waals surface area contributed by atoms with E-state index in [1.807, 2.05) is 43.3 Å². The number of hydrogen-bond donors (Lipinski definition) is 2. The monoisotopic (exact) mass is 391 g/mol. The smallest absolute Gasteiger partial charge is 0.337 e. The summed E-state index contributed by atoms with van der Waals surface area (Å²) >= 11 is 0. The Hall–Kier alpha value is -3.94. The van der Waals surface area contributed by atoms with Gasteiger partial charge in [-0.15, -0.1) is 0 Å². The molecule has 0 spiro atoms. The van der Waals surface area contributed by atoms with E-state index >= 15 is 0 Å². The number of nitrogens with zero attached hydrogens (tertiary/aromatic N) is 3. The summed E-state index contributed by atoms with van der Waals surface area (Å²) in [5.74, 6) is -0.554. The summed E-state index contributed by atoms with van der Waals surface area (Å²) in [5, 5.41) is 5.80. The van der Waals surface area contributed by atoms with E-state index in [9.17, 15) is 9.59 Å². The predicted octanol–water partition coefficient (Wildman–Crippen LogP) is 3.33. The van der Waals surface area contributed by atoms with Crippen LogP contribution in [-0.4, -0.2) is 43.0 Å². The fraction of sp³-hybridized carbons (Fsp3) is 0.143. The number of amides is 1. The average Bonchev–Trinajstić information content (AvgIpc) is 2.74. The lowest BCUT2D eigenvalue weighted by Crippen LogP contribution is -2.15. The van der Waals surface area contributed by atoms with Gasteiger partial charge < -0.3 is 20.3 Å². The first-order chi connectivity index (χ1) is 14.0. The van der Waals surface area contributed by atoms with Crippen LogP contribution in [0.3, 0.4) is 0 Å². The maximum absolute atomic E-state index is 12.5. The molecule has 0 saturated carbocycles. The highest BCUT2D eigenvalue weighted by molar-refractivity contribution is 6.03. The quantitative estimate of drug-likeness (QED) is 0.622. The number of rotatable bonds is 6. The van der Waals surface area contributed by atoms with Crippen LogP contribution in [0.2, 0.25) is 0 Å². The molecule has 2 N–H and O–H groups in total. The van der Waals surface area contributed by atoms with Crippen molar-refractivity contribution in [2.45, 2.75) is 0 Å². The lowest BCUT2D eigenvalue weighted by atomic mass is 10.2. The van der Waals surface area contributed by atoms with Crippen molar-refractivity contribution in [1.82, 2.24) is 9.97 Å². The van der Waals surface area contributed by atoms with E-state index in [0.29, 0.717) is 16.9 Å². The first-order valence-electron chi connectivity index (χ1n) is 8.83. The number of carbonyl (C=O) groups excluding carboxylic acids is 2. The van der Waals surface area contributed by atoms with Gasteiger partial charge in [0, 0.05) is 37.4 Å². The zero-order valence-corrected chi connectivity index (χ0v) is 16.3. The van der Waals surface area contributed by atoms with Crippen molar-refractivity contribution in [1.29, 1.82) is 0 Å². The van der Waals surface area contributed by atoms with Crippen LogP contribution in [0.5, 0.6) is 0 Å². The molecule has 0 aliphatic rings. The van der Waals surface area contributed by atoms with E-state index in [0.717, 1.165) is 5.69 Å². The highest BCUT2D eigenvalue weighted by Crippen LogP contribution is 2.18. The van der Waals surface area contributed by atoms with Crippen LogP contribution in [0.1, 0.15) is 20.8 Å². The molecule has 148 valence electrons. The minimum atomic E-state index is -0.442. The lowest BCUT2D eigenvalue weighted by molar-refractivity contribution is 0.0600. The standard InChI is InChI=1S/C21H21N5O3/c1-26(2)17-9-7-15(8-10-17)23-19(27)18-11-12-22-21(25-18)24-16-6-4-5-14(13-16)20(28)29-3/h4-13H,1-3H3,(H,23,27)(H,22,24,25). The molecular weight excluding hydrogens is 370 g/mol. The van der Waals surface area contributed by atoms with E-state index in [1.165, 1.54) is 19.4 Å². The second-order valence-corrected chi connectivity index (χ2v) is 6.36. The van der Waals surface area contributed by atoms with Crippen molar-refractivity contribution in [3.63, 3.8) is 0 Å². The molecule has 1 heterocycles. The number of hydrogen-bond acceptors (Lipinski definition) is 7. The minimum Gasteiger partial charge on any atom is -0.465 e. The van der Waals surface area contributed by atoms with Crippen LogP contribution in [-0.2, 0) is 4.74 Å². The molecule has 0 fully saturated rings. The van der Waals surface area contributed by atoms with Crippen LogP contribution in [0.15, 0.2) is 60.8 Å². The summed E-state index contributed by atoms with van der Waals surface area (Å²) in [6, 6.07) is 15.7. The fourth-order valence-electron chi connectivity index (χ4n) is 2.55. The van der Waals surface area contributed by atoms with Crippen LogP contribution < -0.4 is 15.5 Å². The number of ether oxygens (including phenoxy) is 1. The SMILES string of the molecule is COC(=O)c1cccc(Nc2nccc(C(=O)Nc3ccc(N(C)C)cc3)n2)c1. The zero-order valence-electron chi connectivity index (χ0n) is 16.3. The maximum atomic E-state index is 12.5. The normalized spacial score (nSPS) is 10.2. The molecule has 2 aromatic carbocycles. The molecule has 0 aliphatic heterocycles. The summed E-state index contributed by atoms with van der Waals surface area (Å²) in [7, 11) is 5.22. The molecule has 0 atom stereocenters. The number of methoxy groups -OCH3 is 1. The highest BCUT2D eigenvalue weighted by atomic mass is 16.5. The van der Waals surface area contributed by atoms with Crippen LogP contribution in [0, 0.1) is 0 Å². The fourth-order valence-corrected chi connectivity index (χ4v) is 2.55. The molecule has 8 heteroatoms. The van der Waals surface area contributed by atoms with Crippen molar-refractivity contribution in [3.05, 3.63) is 72.1 Å². The van der Waals surface area contributed by atoms with Crippen molar-refractivity contribution in [2.24, 2.45) is 0 Å². The van der Waals surface area contributed by atoms with Crippen molar-refractivity contribution < 1.29 is 14.3 Å². The summed E-state index contributed by atoms with van der Waals surface area (Å²) in [6.45, 7) is 0. The van der Waals surface area contributed by atoms with E-state index in [2.05, 4.69) is 20.6 Å². The molecule has 3 rings (SSSR count). The number of aromatic nitrogens is 2. The third kappa shape index (κ3) is 5.07. The van der Waals surface area contributed by atoms with Gasteiger partial charge in [-0.1, -0.05) is 6.07 Å².